The second-order valence-electron chi connectivity index (χ2n) is 4.71. The van der Waals surface area contributed by atoms with Crippen LogP contribution in [0.1, 0.15) is 35.7 Å². The summed E-state index contributed by atoms with van der Waals surface area (Å²) < 4.78 is 0. The number of rotatable bonds is 4. The number of thiophene rings is 1. The molecule has 2 heterocycles. The molecule has 0 fully saturated rings. The van der Waals surface area contributed by atoms with Crippen LogP contribution in [0.3, 0.4) is 0 Å². The topological polar surface area (TPSA) is 29.0 Å². The zero-order valence-corrected chi connectivity index (χ0v) is 13.1. The van der Waals surface area contributed by atoms with Crippen LogP contribution in [-0.4, -0.2) is 16.5 Å². The predicted octanol–water partition coefficient (Wildman–Crippen LogP) is 4.18. The van der Waals surface area contributed by atoms with Crippen molar-refractivity contribution in [3.63, 3.8) is 0 Å². The standard InChI is InChI=1S/C15H21N3S/c1-6-13-9-19-12(5)14(13)18(7-2)15-16-10(3)8-11(4)17-15/h8-9H,6-7H2,1-5H3. The third-order valence-corrected chi connectivity index (χ3v) is 4.14. The van der Waals surface area contributed by atoms with Crippen molar-refractivity contribution in [1.29, 1.82) is 0 Å². The highest BCUT2D eigenvalue weighted by Gasteiger charge is 2.18. The van der Waals surface area contributed by atoms with E-state index in [0.29, 0.717) is 0 Å². The Morgan fingerprint density at radius 3 is 2.26 bits per heavy atom. The highest BCUT2D eigenvalue weighted by Crippen LogP contribution is 2.34. The van der Waals surface area contributed by atoms with E-state index in [2.05, 4.69) is 41.0 Å². The lowest BCUT2D eigenvalue weighted by Crippen LogP contribution is -2.21. The van der Waals surface area contributed by atoms with Crippen LogP contribution >= 0.6 is 11.3 Å². The van der Waals surface area contributed by atoms with Crippen LogP contribution in [0.15, 0.2) is 11.4 Å². The number of anilines is 2. The van der Waals surface area contributed by atoms with Gasteiger partial charge in [0.2, 0.25) is 5.95 Å². The van der Waals surface area contributed by atoms with Crippen LogP contribution in [0.5, 0.6) is 0 Å². The van der Waals surface area contributed by atoms with E-state index in [9.17, 15) is 0 Å². The van der Waals surface area contributed by atoms with Crippen molar-refractivity contribution in [2.75, 3.05) is 11.4 Å². The molecule has 3 nitrogen and oxygen atoms in total. The Bertz CT molecular complexity index is 555. The summed E-state index contributed by atoms with van der Waals surface area (Å²) in [6.07, 6.45) is 1.04. The van der Waals surface area contributed by atoms with Crippen molar-refractivity contribution in [1.82, 2.24) is 9.97 Å². The van der Waals surface area contributed by atoms with E-state index in [1.165, 1.54) is 16.1 Å². The number of nitrogens with zero attached hydrogens (tertiary/aromatic N) is 3. The van der Waals surface area contributed by atoms with Gasteiger partial charge >= 0.3 is 0 Å². The molecule has 0 amide bonds. The van der Waals surface area contributed by atoms with E-state index < -0.39 is 0 Å². The normalized spacial score (nSPS) is 10.8. The fourth-order valence-corrected chi connectivity index (χ4v) is 3.29. The first kappa shape index (κ1) is 14.0. The van der Waals surface area contributed by atoms with Gasteiger partial charge in [0.1, 0.15) is 0 Å². The summed E-state index contributed by atoms with van der Waals surface area (Å²) in [4.78, 5) is 12.8. The van der Waals surface area contributed by atoms with Crippen LogP contribution in [0.4, 0.5) is 11.6 Å². The van der Waals surface area contributed by atoms with Gasteiger partial charge in [-0.15, -0.1) is 11.3 Å². The average Bonchev–Trinajstić information content (AvgIpc) is 2.71. The molecule has 0 aliphatic carbocycles. The van der Waals surface area contributed by atoms with Gasteiger partial charge in [-0.05, 0) is 51.1 Å². The van der Waals surface area contributed by atoms with Gasteiger partial charge in [0, 0.05) is 22.8 Å². The zero-order chi connectivity index (χ0) is 14.0. The van der Waals surface area contributed by atoms with Crippen LogP contribution in [0.25, 0.3) is 0 Å². The van der Waals surface area contributed by atoms with Crippen LogP contribution < -0.4 is 4.90 Å². The van der Waals surface area contributed by atoms with Gasteiger partial charge < -0.3 is 4.90 Å². The highest BCUT2D eigenvalue weighted by atomic mass is 32.1. The number of hydrogen-bond acceptors (Lipinski definition) is 4. The Kier molecular flexibility index (Phi) is 4.20. The first-order valence-electron chi connectivity index (χ1n) is 6.73. The molecule has 0 aliphatic rings. The number of hydrogen-bond donors (Lipinski definition) is 0. The molecular formula is C15H21N3S. The lowest BCUT2D eigenvalue weighted by atomic mass is 10.2. The first-order chi connectivity index (χ1) is 9.06. The molecule has 2 aromatic rings. The number of aromatic nitrogens is 2. The smallest absolute Gasteiger partial charge is 0.230 e. The van der Waals surface area contributed by atoms with Gasteiger partial charge in [-0.2, -0.15) is 0 Å². The molecule has 0 saturated carbocycles. The van der Waals surface area contributed by atoms with E-state index >= 15 is 0 Å². The summed E-state index contributed by atoms with van der Waals surface area (Å²) in [5, 5.41) is 2.25. The Morgan fingerprint density at radius 1 is 1.11 bits per heavy atom. The van der Waals surface area contributed by atoms with E-state index in [1.54, 1.807) is 11.3 Å². The SMILES string of the molecule is CCc1csc(C)c1N(CC)c1nc(C)cc(C)n1. The largest absolute Gasteiger partial charge is 0.309 e. The number of aryl methyl sites for hydroxylation is 4. The second-order valence-corrected chi connectivity index (χ2v) is 5.80. The molecule has 0 unspecified atom stereocenters. The molecule has 2 aromatic heterocycles. The molecule has 0 bridgehead atoms. The van der Waals surface area contributed by atoms with E-state index in [0.717, 1.165) is 30.3 Å². The summed E-state index contributed by atoms with van der Waals surface area (Å²) in [6, 6.07) is 2.01. The van der Waals surface area contributed by atoms with Crippen LogP contribution in [-0.2, 0) is 6.42 Å². The molecule has 0 saturated heterocycles. The van der Waals surface area contributed by atoms with Gasteiger partial charge in [0.25, 0.3) is 0 Å². The fraction of sp³-hybridized carbons (Fsp3) is 0.467. The van der Waals surface area contributed by atoms with Gasteiger partial charge in [-0.1, -0.05) is 6.92 Å². The molecule has 102 valence electrons. The highest BCUT2D eigenvalue weighted by molar-refractivity contribution is 7.10. The monoisotopic (exact) mass is 275 g/mol. The maximum Gasteiger partial charge on any atom is 0.230 e. The van der Waals surface area contributed by atoms with Crippen molar-refractivity contribution < 1.29 is 0 Å². The van der Waals surface area contributed by atoms with E-state index in [-0.39, 0.29) is 0 Å². The molecule has 0 aliphatic heterocycles. The molecule has 0 aromatic carbocycles. The third-order valence-electron chi connectivity index (χ3n) is 3.19. The summed E-state index contributed by atoms with van der Waals surface area (Å²) in [7, 11) is 0. The van der Waals surface area contributed by atoms with Gasteiger partial charge in [-0.3, -0.25) is 0 Å². The first-order valence-corrected chi connectivity index (χ1v) is 7.61. The average molecular weight is 275 g/mol. The zero-order valence-electron chi connectivity index (χ0n) is 12.3. The molecule has 0 spiro atoms. The molecule has 2 rings (SSSR count). The Morgan fingerprint density at radius 2 is 1.74 bits per heavy atom. The van der Waals surface area contributed by atoms with Crippen molar-refractivity contribution in [3.05, 3.63) is 33.3 Å². The summed E-state index contributed by atoms with van der Waals surface area (Å²) >= 11 is 1.81. The minimum Gasteiger partial charge on any atom is -0.309 e. The second kappa shape index (κ2) is 5.70. The summed E-state index contributed by atoms with van der Waals surface area (Å²) in [5.74, 6) is 0.816. The van der Waals surface area contributed by atoms with Crippen molar-refractivity contribution >= 4 is 23.0 Å². The van der Waals surface area contributed by atoms with Gasteiger partial charge in [0.15, 0.2) is 0 Å². The molecule has 0 radical (unpaired) electrons. The van der Waals surface area contributed by atoms with E-state index in [4.69, 9.17) is 0 Å². The van der Waals surface area contributed by atoms with Crippen LogP contribution in [0.2, 0.25) is 0 Å². The maximum absolute atomic E-state index is 4.60. The lowest BCUT2D eigenvalue weighted by Gasteiger charge is -2.23. The Balaban J connectivity index is 2.52. The Labute approximate surface area is 119 Å². The minimum atomic E-state index is 0.816. The van der Waals surface area contributed by atoms with Crippen LogP contribution in [0, 0.1) is 20.8 Å². The quantitative estimate of drug-likeness (QED) is 0.838. The predicted molar refractivity (Wildman–Crippen MR) is 82.6 cm³/mol. The van der Waals surface area contributed by atoms with Crippen molar-refractivity contribution in [2.45, 2.75) is 41.0 Å². The molecule has 19 heavy (non-hydrogen) atoms. The lowest BCUT2D eigenvalue weighted by molar-refractivity contribution is 0.910. The third kappa shape index (κ3) is 2.78. The van der Waals surface area contributed by atoms with E-state index in [1.807, 2.05) is 19.9 Å². The molecule has 4 heteroatoms. The van der Waals surface area contributed by atoms with Crippen molar-refractivity contribution in [2.24, 2.45) is 0 Å². The molecular weight excluding hydrogens is 254 g/mol. The fourth-order valence-electron chi connectivity index (χ4n) is 2.34. The summed E-state index contributed by atoms with van der Waals surface area (Å²) in [5.41, 5.74) is 4.71. The Hall–Kier alpha value is -1.42. The summed E-state index contributed by atoms with van der Waals surface area (Å²) in [6.45, 7) is 11.4. The molecule has 0 atom stereocenters. The van der Waals surface area contributed by atoms with Gasteiger partial charge in [-0.25, -0.2) is 9.97 Å². The molecule has 0 N–H and O–H groups in total. The van der Waals surface area contributed by atoms with Gasteiger partial charge in [0.05, 0.1) is 5.69 Å². The maximum atomic E-state index is 4.60. The minimum absolute atomic E-state index is 0.816. The van der Waals surface area contributed by atoms with Crippen molar-refractivity contribution in [3.8, 4) is 0 Å².